The van der Waals surface area contributed by atoms with Gasteiger partial charge in [-0.3, -0.25) is 19.7 Å². The summed E-state index contributed by atoms with van der Waals surface area (Å²) in [5, 5.41) is 12.2. The van der Waals surface area contributed by atoms with Crippen LogP contribution in [0, 0.1) is 10.1 Å². The molecule has 2 fully saturated rings. The molecule has 0 radical (unpaired) electrons. The fraction of sp³-hybridized carbons (Fsp3) is 0.304. The Kier molecular flexibility index (Phi) is 3.74. The number of nitro groups is 1. The molecule has 1 aromatic heterocycles. The average molecular weight is 416 g/mol. The van der Waals surface area contributed by atoms with E-state index in [-0.39, 0.29) is 30.1 Å². The summed E-state index contributed by atoms with van der Waals surface area (Å²) in [7, 11) is 0. The van der Waals surface area contributed by atoms with Gasteiger partial charge in [0, 0.05) is 41.2 Å². The van der Waals surface area contributed by atoms with E-state index in [1.165, 1.54) is 12.1 Å². The topological polar surface area (TPSA) is 99.5 Å². The SMILES string of the molecule is O=C1[C@H]2Cc3c([nH]c4ccccc34)[C@H](c3ccc([N+](=O)[O-])cc3)N2C(=O)CN1C1CC1. The summed E-state index contributed by atoms with van der Waals surface area (Å²) in [6.45, 7) is 0.0963. The van der Waals surface area contributed by atoms with E-state index in [2.05, 4.69) is 4.98 Å². The van der Waals surface area contributed by atoms with Crippen molar-refractivity contribution in [2.24, 2.45) is 0 Å². The molecule has 2 aliphatic heterocycles. The summed E-state index contributed by atoms with van der Waals surface area (Å²) >= 11 is 0. The number of hydrogen-bond donors (Lipinski definition) is 1. The lowest BCUT2D eigenvalue weighted by Gasteiger charge is -2.47. The Morgan fingerprint density at radius 1 is 1.03 bits per heavy atom. The minimum atomic E-state index is -0.561. The van der Waals surface area contributed by atoms with Crippen molar-refractivity contribution in [2.45, 2.75) is 37.4 Å². The van der Waals surface area contributed by atoms with E-state index in [1.807, 2.05) is 24.3 Å². The molecule has 156 valence electrons. The molecule has 0 unspecified atom stereocenters. The number of H-pyrrole nitrogens is 1. The third kappa shape index (κ3) is 2.67. The maximum atomic E-state index is 13.4. The number of carbonyl (C=O) groups is 2. The van der Waals surface area contributed by atoms with E-state index in [0.717, 1.165) is 40.6 Å². The smallest absolute Gasteiger partial charge is 0.269 e. The molecule has 3 aromatic rings. The number of non-ortho nitro benzene ring substituents is 1. The number of amides is 2. The lowest BCUT2D eigenvalue weighted by molar-refractivity contribution is -0.384. The predicted octanol–water partition coefficient (Wildman–Crippen LogP) is 2.92. The maximum Gasteiger partial charge on any atom is 0.269 e. The molecule has 3 aliphatic rings. The third-order valence-electron chi connectivity index (χ3n) is 6.70. The second-order valence-electron chi connectivity index (χ2n) is 8.53. The first-order valence-corrected chi connectivity index (χ1v) is 10.5. The van der Waals surface area contributed by atoms with Gasteiger partial charge in [0.1, 0.15) is 12.6 Å². The first-order chi connectivity index (χ1) is 15.0. The molecule has 1 saturated carbocycles. The molecule has 1 N–H and O–H groups in total. The van der Waals surface area contributed by atoms with Crippen LogP contribution >= 0.6 is 0 Å². The van der Waals surface area contributed by atoms with Crippen LogP contribution in [0.25, 0.3) is 10.9 Å². The Morgan fingerprint density at radius 2 is 1.77 bits per heavy atom. The highest BCUT2D eigenvalue weighted by Gasteiger charge is 2.50. The molecule has 3 heterocycles. The summed E-state index contributed by atoms with van der Waals surface area (Å²) < 4.78 is 0. The Hall–Kier alpha value is -3.68. The van der Waals surface area contributed by atoms with Crippen LogP contribution < -0.4 is 0 Å². The van der Waals surface area contributed by atoms with Gasteiger partial charge in [-0.15, -0.1) is 0 Å². The Balaban J connectivity index is 1.53. The van der Waals surface area contributed by atoms with Crippen LogP contribution in [0.2, 0.25) is 0 Å². The van der Waals surface area contributed by atoms with E-state index >= 15 is 0 Å². The Bertz CT molecular complexity index is 1240. The minimum absolute atomic E-state index is 0.00458. The number of aromatic amines is 1. The van der Waals surface area contributed by atoms with Crippen molar-refractivity contribution in [3.8, 4) is 0 Å². The number of rotatable bonds is 3. The highest BCUT2D eigenvalue weighted by Crippen LogP contribution is 2.44. The van der Waals surface area contributed by atoms with E-state index in [0.29, 0.717) is 6.42 Å². The third-order valence-corrected chi connectivity index (χ3v) is 6.70. The standard InChI is InChI=1S/C23H20N4O4/c28-20-12-25(14-9-10-14)23(29)19-11-17-16-3-1-2-4-18(16)24-21(17)22(26(19)20)13-5-7-15(8-6-13)27(30)31/h1-8,14,19,22,24H,9-12H2/t19-,22+/m1/s1. The molecule has 2 amide bonds. The minimum Gasteiger partial charge on any atom is -0.356 e. The largest absolute Gasteiger partial charge is 0.356 e. The molecule has 1 aliphatic carbocycles. The zero-order chi connectivity index (χ0) is 21.3. The Labute approximate surface area is 177 Å². The van der Waals surface area contributed by atoms with Crippen molar-refractivity contribution in [1.82, 2.24) is 14.8 Å². The van der Waals surface area contributed by atoms with Gasteiger partial charge in [-0.1, -0.05) is 18.2 Å². The summed E-state index contributed by atoms with van der Waals surface area (Å²) in [5.74, 6) is -0.0749. The average Bonchev–Trinajstić information content (AvgIpc) is 3.55. The van der Waals surface area contributed by atoms with Gasteiger partial charge in [-0.05, 0) is 42.2 Å². The molecule has 31 heavy (non-hydrogen) atoms. The number of benzene rings is 2. The van der Waals surface area contributed by atoms with Crippen molar-refractivity contribution in [3.05, 3.63) is 75.5 Å². The lowest BCUT2D eigenvalue weighted by atomic mass is 9.86. The van der Waals surface area contributed by atoms with Gasteiger partial charge in [0.15, 0.2) is 0 Å². The van der Waals surface area contributed by atoms with Gasteiger partial charge in [-0.2, -0.15) is 0 Å². The highest BCUT2D eigenvalue weighted by atomic mass is 16.6. The van der Waals surface area contributed by atoms with Gasteiger partial charge in [0.25, 0.3) is 5.69 Å². The van der Waals surface area contributed by atoms with Gasteiger partial charge in [0.2, 0.25) is 11.8 Å². The van der Waals surface area contributed by atoms with Gasteiger partial charge in [-0.25, -0.2) is 0 Å². The molecule has 2 atom stereocenters. The number of hydrogen-bond acceptors (Lipinski definition) is 4. The second kappa shape index (κ2) is 6.41. The normalized spacial score (nSPS) is 23.1. The Morgan fingerprint density at radius 3 is 2.48 bits per heavy atom. The van der Waals surface area contributed by atoms with Crippen LogP contribution in [-0.4, -0.2) is 50.1 Å². The number of carbonyl (C=O) groups excluding carboxylic acids is 2. The van der Waals surface area contributed by atoms with E-state index in [4.69, 9.17) is 0 Å². The number of nitro benzene ring substituents is 1. The first kappa shape index (κ1) is 18.1. The van der Waals surface area contributed by atoms with Crippen LogP contribution in [-0.2, 0) is 16.0 Å². The van der Waals surface area contributed by atoms with Crippen LogP contribution in [0.15, 0.2) is 48.5 Å². The zero-order valence-electron chi connectivity index (χ0n) is 16.7. The fourth-order valence-corrected chi connectivity index (χ4v) is 5.11. The van der Waals surface area contributed by atoms with Gasteiger partial charge >= 0.3 is 0 Å². The number of para-hydroxylation sites is 1. The van der Waals surface area contributed by atoms with Crippen molar-refractivity contribution in [2.75, 3.05) is 6.54 Å². The molecule has 8 nitrogen and oxygen atoms in total. The van der Waals surface area contributed by atoms with Crippen LogP contribution in [0.3, 0.4) is 0 Å². The molecular weight excluding hydrogens is 396 g/mol. The quantitative estimate of drug-likeness (QED) is 0.524. The lowest BCUT2D eigenvalue weighted by Crippen LogP contribution is -2.63. The molecule has 8 heteroatoms. The first-order valence-electron chi connectivity index (χ1n) is 10.5. The number of fused-ring (bicyclic) bond motifs is 4. The van der Waals surface area contributed by atoms with E-state index in [9.17, 15) is 19.7 Å². The highest BCUT2D eigenvalue weighted by molar-refractivity contribution is 5.98. The molecule has 1 saturated heterocycles. The van der Waals surface area contributed by atoms with Crippen LogP contribution in [0.4, 0.5) is 5.69 Å². The molecule has 0 spiro atoms. The van der Waals surface area contributed by atoms with Crippen LogP contribution in [0.1, 0.15) is 35.7 Å². The monoisotopic (exact) mass is 416 g/mol. The number of nitrogens with one attached hydrogen (secondary N) is 1. The zero-order valence-corrected chi connectivity index (χ0v) is 16.7. The van der Waals surface area contributed by atoms with Crippen molar-refractivity contribution < 1.29 is 14.5 Å². The summed E-state index contributed by atoms with van der Waals surface area (Å²) in [6, 6.07) is 13.3. The van der Waals surface area contributed by atoms with E-state index in [1.54, 1.807) is 21.9 Å². The molecule has 2 aromatic carbocycles. The van der Waals surface area contributed by atoms with E-state index < -0.39 is 17.0 Å². The van der Waals surface area contributed by atoms with Crippen molar-refractivity contribution in [3.63, 3.8) is 0 Å². The molecule has 6 rings (SSSR count). The number of nitrogens with zero attached hydrogens (tertiary/aromatic N) is 3. The van der Waals surface area contributed by atoms with Gasteiger partial charge < -0.3 is 14.8 Å². The second-order valence-corrected chi connectivity index (χ2v) is 8.53. The maximum absolute atomic E-state index is 13.4. The summed E-state index contributed by atoms with van der Waals surface area (Å²) in [6.07, 6.45) is 2.38. The molecule has 0 bridgehead atoms. The fourth-order valence-electron chi connectivity index (χ4n) is 5.11. The number of piperazine rings is 1. The summed E-state index contributed by atoms with van der Waals surface area (Å²) in [4.78, 5) is 44.3. The van der Waals surface area contributed by atoms with Crippen molar-refractivity contribution in [1.29, 1.82) is 0 Å². The predicted molar refractivity (Wildman–Crippen MR) is 112 cm³/mol. The summed E-state index contributed by atoms with van der Waals surface area (Å²) in [5.41, 5.74) is 3.63. The number of aromatic nitrogens is 1. The van der Waals surface area contributed by atoms with Crippen molar-refractivity contribution >= 4 is 28.4 Å². The van der Waals surface area contributed by atoms with Gasteiger partial charge in [0.05, 0.1) is 11.0 Å². The van der Waals surface area contributed by atoms with Crippen LogP contribution in [0.5, 0.6) is 0 Å². The molecular formula is C23H20N4O4.